The van der Waals surface area contributed by atoms with Crippen LogP contribution < -0.4 is 10.1 Å². The first kappa shape index (κ1) is 16.9. The number of nitrogens with one attached hydrogen (secondary N) is 1. The quantitative estimate of drug-likeness (QED) is 0.904. The summed E-state index contributed by atoms with van der Waals surface area (Å²) < 4.78 is 44.1. The molecule has 0 radical (unpaired) electrons. The predicted octanol–water partition coefficient (Wildman–Crippen LogP) is 4.42. The monoisotopic (exact) mass is 323 g/mol. The summed E-state index contributed by atoms with van der Waals surface area (Å²) in [5.41, 5.74) is -0.145. The fraction of sp³-hybridized carbons (Fsp3) is 0.235. The molecule has 122 valence electrons. The van der Waals surface area contributed by atoms with Crippen molar-refractivity contribution < 1.29 is 22.7 Å². The molecule has 0 saturated carbocycles. The normalized spacial score (nSPS) is 12.6. The van der Waals surface area contributed by atoms with E-state index >= 15 is 0 Å². The lowest BCUT2D eigenvalue weighted by Gasteiger charge is -2.17. The Morgan fingerprint density at radius 1 is 1.09 bits per heavy atom. The third-order valence-electron chi connectivity index (χ3n) is 3.19. The van der Waals surface area contributed by atoms with Crippen molar-refractivity contribution in [3.05, 3.63) is 59.7 Å². The van der Waals surface area contributed by atoms with E-state index in [2.05, 4.69) is 5.32 Å². The zero-order chi connectivity index (χ0) is 17.0. The Kier molecular flexibility index (Phi) is 4.93. The van der Waals surface area contributed by atoms with Crippen LogP contribution in [0.4, 0.5) is 18.9 Å². The second-order valence-corrected chi connectivity index (χ2v) is 5.11. The lowest BCUT2D eigenvalue weighted by molar-refractivity contribution is -0.137. The van der Waals surface area contributed by atoms with E-state index in [-0.39, 0.29) is 5.69 Å². The minimum Gasteiger partial charge on any atom is -0.481 e. The number of para-hydroxylation sites is 1. The van der Waals surface area contributed by atoms with Gasteiger partial charge in [0.25, 0.3) is 5.91 Å². The molecule has 1 N–H and O–H groups in total. The van der Waals surface area contributed by atoms with Gasteiger partial charge in [0, 0.05) is 0 Å². The number of hydrogen-bond acceptors (Lipinski definition) is 2. The van der Waals surface area contributed by atoms with Crippen molar-refractivity contribution in [2.24, 2.45) is 0 Å². The average molecular weight is 323 g/mol. The van der Waals surface area contributed by atoms with Crippen molar-refractivity contribution >= 4 is 11.6 Å². The number of amides is 1. The molecule has 2 rings (SSSR count). The molecule has 0 aliphatic rings. The van der Waals surface area contributed by atoms with Crippen LogP contribution in [0, 0.1) is 6.92 Å². The number of hydrogen-bond donors (Lipinski definition) is 1. The van der Waals surface area contributed by atoms with Crippen molar-refractivity contribution in [2.45, 2.75) is 26.1 Å². The molecule has 0 saturated heterocycles. The first-order valence-electron chi connectivity index (χ1n) is 6.98. The topological polar surface area (TPSA) is 38.3 Å². The van der Waals surface area contributed by atoms with Gasteiger partial charge in [0.1, 0.15) is 5.75 Å². The van der Waals surface area contributed by atoms with Crippen molar-refractivity contribution in [3.63, 3.8) is 0 Å². The molecular weight excluding hydrogens is 307 g/mol. The molecule has 23 heavy (non-hydrogen) atoms. The highest BCUT2D eigenvalue weighted by atomic mass is 19.4. The molecule has 0 heterocycles. The summed E-state index contributed by atoms with van der Waals surface area (Å²) in [7, 11) is 0. The Hall–Kier alpha value is -2.50. The molecule has 2 aromatic rings. The fourth-order valence-corrected chi connectivity index (χ4v) is 1.95. The number of aryl methyl sites for hydroxylation is 1. The van der Waals surface area contributed by atoms with Crippen LogP contribution in [0.1, 0.15) is 18.1 Å². The van der Waals surface area contributed by atoms with Crippen molar-refractivity contribution in [3.8, 4) is 5.75 Å². The Morgan fingerprint density at radius 2 is 1.70 bits per heavy atom. The van der Waals surface area contributed by atoms with Crippen molar-refractivity contribution in [1.29, 1.82) is 0 Å². The molecule has 0 spiro atoms. The Balaban J connectivity index is 2.08. The standard InChI is InChI=1S/C17H16F3NO2/c1-11-7-9-13(10-8-11)23-12(2)16(22)21-15-6-4-3-5-14(15)17(18,19)20/h3-10,12H,1-2H3,(H,21,22)/t12-/m0/s1. The summed E-state index contributed by atoms with van der Waals surface area (Å²) in [6.07, 6.45) is -5.47. The number of rotatable bonds is 4. The average Bonchev–Trinajstić information content (AvgIpc) is 2.49. The lowest BCUT2D eigenvalue weighted by atomic mass is 10.1. The molecule has 1 amide bonds. The molecule has 3 nitrogen and oxygen atoms in total. The second kappa shape index (κ2) is 6.73. The molecule has 0 fully saturated rings. The number of anilines is 1. The van der Waals surface area contributed by atoms with Gasteiger partial charge < -0.3 is 10.1 Å². The minimum absolute atomic E-state index is 0.288. The van der Waals surface area contributed by atoms with Gasteiger partial charge in [-0.2, -0.15) is 13.2 Å². The van der Waals surface area contributed by atoms with E-state index < -0.39 is 23.8 Å². The van der Waals surface area contributed by atoms with Crippen LogP contribution in [-0.2, 0) is 11.0 Å². The third kappa shape index (κ3) is 4.48. The number of carbonyl (C=O) groups is 1. The van der Waals surface area contributed by atoms with E-state index in [1.54, 1.807) is 12.1 Å². The highest BCUT2D eigenvalue weighted by molar-refractivity contribution is 5.94. The molecule has 2 aromatic carbocycles. The maximum Gasteiger partial charge on any atom is 0.418 e. The van der Waals surface area contributed by atoms with Crippen LogP contribution in [0.3, 0.4) is 0 Å². The van der Waals surface area contributed by atoms with Crippen molar-refractivity contribution in [1.82, 2.24) is 0 Å². The maximum atomic E-state index is 12.9. The van der Waals surface area contributed by atoms with Crippen LogP contribution in [-0.4, -0.2) is 12.0 Å². The van der Waals surface area contributed by atoms with Gasteiger partial charge in [0.05, 0.1) is 11.3 Å². The van der Waals surface area contributed by atoms with Crippen LogP contribution in [0.2, 0.25) is 0 Å². The molecule has 0 aromatic heterocycles. The zero-order valence-corrected chi connectivity index (χ0v) is 12.6. The first-order valence-corrected chi connectivity index (χ1v) is 6.98. The summed E-state index contributed by atoms with van der Waals surface area (Å²) in [4.78, 5) is 12.1. The van der Waals surface area contributed by atoms with E-state index in [1.807, 2.05) is 19.1 Å². The Morgan fingerprint density at radius 3 is 2.30 bits per heavy atom. The lowest BCUT2D eigenvalue weighted by Crippen LogP contribution is -2.31. The number of benzene rings is 2. The number of ether oxygens (including phenoxy) is 1. The predicted molar refractivity (Wildman–Crippen MR) is 81.3 cm³/mol. The van der Waals surface area contributed by atoms with Gasteiger partial charge in [-0.25, -0.2) is 0 Å². The van der Waals surface area contributed by atoms with Gasteiger partial charge in [-0.3, -0.25) is 4.79 Å². The number of halogens is 3. The van der Waals surface area contributed by atoms with Gasteiger partial charge in [0.2, 0.25) is 0 Å². The number of alkyl halides is 3. The SMILES string of the molecule is Cc1ccc(O[C@@H](C)C(=O)Nc2ccccc2C(F)(F)F)cc1. The Bertz CT molecular complexity index is 681. The molecule has 6 heteroatoms. The van der Waals surface area contributed by atoms with Gasteiger partial charge in [-0.05, 0) is 38.1 Å². The highest BCUT2D eigenvalue weighted by Gasteiger charge is 2.33. The van der Waals surface area contributed by atoms with Crippen LogP contribution >= 0.6 is 0 Å². The maximum absolute atomic E-state index is 12.9. The highest BCUT2D eigenvalue weighted by Crippen LogP contribution is 2.34. The van der Waals surface area contributed by atoms with Gasteiger partial charge in [-0.1, -0.05) is 29.8 Å². The zero-order valence-electron chi connectivity index (χ0n) is 12.6. The molecule has 1 atom stereocenters. The summed E-state index contributed by atoms with van der Waals surface area (Å²) in [6, 6.07) is 11.9. The summed E-state index contributed by atoms with van der Waals surface area (Å²) >= 11 is 0. The molecule has 0 aliphatic heterocycles. The van der Waals surface area contributed by atoms with Gasteiger partial charge in [0.15, 0.2) is 6.10 Å². The number of carbonyl (C=O) groups excluding carboxylic acids is 1. The van der Waals surface area contributed by atoms with E-state index in [4.69, 9.17) is 4.74 Å². The Labute approximate surface area is 132 Å². The smallest absolute Gasteiger partial charge is 0.418 e. The van der Waals surface area contributed by atoms with E-state index in [0.717, 1.165) is 11.6 Å². The van der Waals surface area contributed by atoms with Gasteiger partial charge in [-0.15, -0.1) is 0 Å². The van der Waals surface area contributed by atoms with Crippen molar-refractivity contribution in [2.75, 3.05) is 5.32 Å². The first-order chi connectivity index (χ1) is 10.8. The third-order valence-corrected chi connectivity index (χ3v) is 3.19. The largest absolute Gasteiger partial charge is 0.481 e. The summed E-state index contributed by atoms with van der Waals surface area (Å²) in [5.74, 6) is -0.176. The van der Waals surface area contributed by atoms with Crippen LogP contribution in [0.25, 0.3) is 0 Å². The molecule has 0 aliphatic carbocycles. The minimum atomic E-state index is -4.54. The van der Waals surface area contributed by atoms with E-state index in [0.29, 0.717) is 5.75 Å². The van der Waals surface area contributed by atoms with Crippen LogP contribution in [0.5, 0.6) is 5.75 Å². The molecule has 0 bridgehead atoms. The second-order valence-electron chi connectivity index (χ2n) is 5.11. The fourth-order valence-electron chi connectivity index (χ4n) is 1.95. The molecular formula is C17H16F3NO2. The van der Waals surface area contributed by atoms with Gasteiger partial charge >= 0.3 is 6.18 Å². The van der Waals surface area contributed by atoms with Crippen LogP contribution in [0.15, 0.2) is 48.5 Å². The van der Waals surface area contributed by atoms with E-state index in [9.17, 15) is 18.0 Å². The molecule has 0 unspecified atom stereocenters. The van der Waals surface area contributed by atoms with E-state index in [1.165, 1.54) is 25.1 Å². The summed E-state index contributed by atoms with van der Waals surface area (Å²) in [5, 5.41) is 2.26. The summed E-state index contributed by atoms with van der Waals surface area (Å²) in [6.45, 7) is 3.39.